The molecule has 2 aliphatic rings. The number of hydrogen-bond acceptors (Lipinski definition) is 5. The van der Waals surface area contributed by atoms with E-state index in [1.165, 1.54) is 7.11 Å². The maximum absolute atomic E-state index is 13.1. The van der Waals surface area contributed by atoms with Crippen molar-refractivity contribution in [2.45, 2.75) is 64.1 Å². The van der Waals surface area contributed by atoms with E-state index < -0.39 is 17.1 Å². The van der Waals surface area contributed by atoms with Gasteiger partial charge in [0.1, 0.15) is 11.1 Å². The molecule has 1 aromatic rings. The van der Waals surface area contributed by atoms with Crippen LogP contribution in [0, 0.1) is 18.8 Å². The van der Waals surface area contributed by atoms with Crippen molar-refractivity contribution in [1.82, 2.24) is 5.32 Å². The molecule has 2 fully saturated rings. The average molecular weight is 359 g/mol. The van der Waals surface area contributed by atoms with E-state index in [1.54, 1.807) is 0 Å². The van der Waals surface area contributed by atoms with Crippen LogP contribution in [0.15, 0.2) is 24.3 Å². The van der Waals surface area contributed by atoms with Crippen molar-refractivity contribution in [2.75, 3.05) is 7.11 Å². The molecule has 0 radical (unpaired) electrons. The molecule has 1 N–H and O–H groups in total. The number of fused-ring (bicyclic) bond motifs is 1. The van der Waals surface area contributed by atoms with Gasteiger partial charge >= 0.3 is 11.9 Å². The maximum atomic E-state index is 13.1. The minimum Gasteiger partial charge on any atom is -0.468 e. The molecule has 0 spiro atoms. The molecule has 1 saturated heterocycles. The van der Waals surface area contributed by atoms with E-state index in [2.05, 4.69) is 5.32 Å². The topological polar surface area (TPSA) is 64.6 Å². The molecule has 0 bridgehead atoms. The zero-order chi connectivity index (χ0) is 19.1. The molecular formula is C21H29NO4. The van der Waals surface area contributed by atoms with Crippen molar-refractivity contribution < 1.29 is 19.1 Å². The van der Waals surface area contributed by atoms with Gasteiger partial charge < -0.3 is 9.47 Å². The van der Waals surface area contributed by atoms with Crippen molar-refractivity contribution in [3.05, 3.63) is 35.4 Å². The SMILES string of the molecule is COC(=O)[C@]12CCC[C@H]1[C@H](C(=O)OC(C)(C)C)[C@@H](c1ccc(C)cc1)N2. The van der Waals surface area contributed by atoms with E-state index in [9.17, 15) is 9.59 Å². The first-order chi connectivity index (χ1) is 12.2. The summed E-state index contributed by atoms with van der Waals surface area (Å²) in [5, 5.41) is 3.49. The van der Waals surface area contributed by atoms with Crippen molar-refractivity contribution in [1.29, 1.82) is 0 Å². The van der Waals surface area contributed by atoms with Crippen LogP contribution in [0.4, 0.5) is 0 Å². The van der Waals surface area contributed by atoms with Crippen LogP contribution in [0.1, 0.15) is 57.2 Å². The van der Waals surface area contributed by atoms with Gasteiger partial charge in [0.15, 0.2) is 0 Å². The Morgan fingerprint density at radius 2 is 1.85 bits per heavy atom. The van der Waals surface area contributed by atoms with Crippen molar-refractivity contribution in [2.24, 2.45) is 11.8 Å². The van der Waals surface area contributed by atoms with Gasteiger partial charge in [-0.15, -0.1) is 0 Å². The van der Waals surface area contributed by atoms with Crippen LogP contribution in [0.25, 0.3) is 0 Å². The number of benzene rings is 1. The Labute approximate surface area is 155 Å². The summed E-state index contributed by atoms with van der Waals surface area (Å²) in [4.78, 5) is 25.8. The molecule has 1 saturated carbocycles. The fourth-order valence-electron chi connectivity index (χ4n) is 4.53. The van der Waals surface area contributed by atoms with E-state index in [1.807, 2.05) is 52.0 Å². The highest BCUT2D eigenvalue weighted by Crippen LogP contribution is 2.52. The molecule has 5 heteroatoms. The predicted octanol–water partition coefficient (Wildman–Crippen LogP) is 3.31. The van der Waals surface area contributed by atoms with Crippen LogP contribution in [-0.4, -0.2) is 30.2 Å². The minimum atomic E-state index is -0.800. The van der Waals surface area contributed by atoms with Gasteiger partial charge in [-0.1, -0.05) is 36.2 Å². The first-order valence-corrected chi connectivity index (χ1v) is 9.33. The Morgan fingerprint density at radius 3 is 2.42 bits per heavy atom. The summed E-state index contributed by atoms with van der Waals surface area (Å²) in [7, 11) is 1.41. The molecule has 0 aromatic heterocycles. The van der Waals surface area contributed by atoms with Gasteiger partial charge in [-0.3, -0.25) is 14.9 Å². The van der Waals surface area contributed by atoms with E-state index in [-0.39, 0.29) is 23.9 Å². The van der Waals surface area contributed by atoms with Crippen molar-refractivity contribution in [3.8, 4) is 0 Å². The lowest BCUT2D eigenvalue weighted by molar-refractivity contribution is -0.162. The molecule has 1 heterocycles. The third-order valence-electron chi connectivity index (χ3n) is 5.59. The van der Waals surface area contributed by atoms with Gasteiger partial charge in [0, 0.05) is 12.0 Å². The zero-order valence-corrected chi connectivity index (χ0v) is 16.3. The Morgan fingerprint density at radius 1 is 1.19 bits per heavy atom. The number of hydrogen-bond donors (Lipinski definition) is 1. The van der Waals surface area contributed by atoms with Gasteiger partial charge in [0.2, 0.25) is 0 Å². The van der Waals surface area contributed by atoms with E-state index in [0.29, 0.717) is 6.42 Å². The zero-order valence-electron chi connectivity index (χ0n) is 16.3. The van der Waals surface area contributed by atoms with E-state index >= 15 is 0 Å². The number of ether oxygens (including phenoxy) is 2. The van der Waals surface area contributed by atoms with Crippen LogP contribution < -0.4 is 5.32 Å². The molecule has 4 atom stereocenters. The maximum Gasteiger partial charge on any atom is 0.326 e. The summed E-state index contributed by atoms with van der Waals surface area (Å²) >= 11 is 0. The summed E-state index contributed by atoms with van der Waals surface area (Å²) in [6, 6.07) is 7.85. The van der Waals surface area contributed by atoms with Gasteiger partial charge in [0.05, 0.1) is 13.0 Å². The standard InChI is InChI=1S/C21H29NO4/c1-13-8-10-14(11-9-13)17-16(18(23)26-20(2,3)4)15-7-6-12-21(15,22-17)19(24)25-5/h8-11,15-17,22H,6-7,12H2,1-5H3/t15-,16-,17+,21-/m0/s1. The van der Waals surface area contributed by atoms with Crippen LogP contribution in [0.5, 0.6) is 0 Å². The number of rotatable bonds is 3. The molecule has 26 heavy (non-hydrogen) atoms. The van der Waals surface area contributed by atoms with E-state index in [0.717, 1.165) is 24.0 Å². The normalized spacial score (nSPS) is 30.7. The fraction of sp³-hybridized carbons (Fsp3) is 0.619. The molecule has 142 valence electrons. The Hall–Kier alpha value is -1.88. The first-order valence-electron chi connectivity index (χ1n) is 9.33. The quantitative estimate of drug-likeness (QED) is 0.839. The van der Waals surface area contributed by atoms with E-state index in [4.69, 9.17) is 9.47 Å². The number of carbonyl (C=O) groups is 2. The number of carbonyl (C=O) groups excluding carboxylic acids is 2. The summed E-state index contributed by atoms with van der Waals surface area (Å²) < 4.78 is 10.9. The smallest absolute Gasteiger partial charge is 0.326 e. The van der Waals surface area contributed by atoms with Gasteiger partial charge in [-0.2, -0.15) is 0 Å². The number of methoxy groups -OCH3 is 1. The third-order valence-corrected chi connectivity index (χ3v) is 5.59. The summed E-state index contributed by atoms with van der Waals surface area (Å²) in [5.41, 5.74) is 0.795. The highest BCUT2D eigenvalue weighted by atomic mass is 16.6. The van der Waals surface area contributed by atoms with Crippen LogP contribution in [-0.2, 0) is 19.1 Å². The minimum absolute atomic E-state index is 0.115. The molecule has 5 nitrogen and oxygen atoms in total. The second-order valence-electron chi connectivity index (χ2n) is 8.55. The molecule has 3 rings (SSSR count). The summed E-state index contributed by atoms with van der Waals surface area (Å²) in [6.07, 6.45) is 2.40. The molecular weight excluding hydrogens is 330 g/mol. The second-order valence-corrected chi connectivity index (χ2v) is 8.55. The van der Waals surface area contributed by atoms with Gasteiger partial charge in [0.25, 0.3) is 0 Å². The lowest BCUT2D eigenvalue weighted by atomic mass is 9.80. The largest absolute Gasteiger partial charge is 0.468 e. The lowest BCUT2D eigenvalue weighted by Gasteiger charge is -2.28. The molecule has 0 unspecified atom stereocenters. The molecule has 1 aromatic carbocycles. The Bertz CT molecular complexity index is 691. The summed E-state index contributed by atoms with van der Waals surface area (Å²) in [6.45, 7) is 7.64. The number of aryl methyl sites for hydroxylation is 1. The fourth-order valence-corrected chi connectivity index (χ4v) is 4.53. The predicted molar refractivity (Wildman–Crippen MR) is 98.5 cm³/mol. The van der Waals surface area contributed by atoms with Gasteiger partial charge in [-0.25, -0.2) is 0 Å². The molecule has 1 aliphatic heterocycles. The van der Waals surface area contributed by atoms with Gasteiger partial charge in [-0.05, 0) is 46.1 Å². The van der Waals surface area contributed by atoms with Crippen LogP contribution in [0.3, 0.4) is 0 Å². The van der Waals surface area contributed by atoms with Crippen molar-refractivity contribution >= 4 is 11.9 Å². The van der Waals surface area contributed by atoms with Crippen LogP contribution in [0.2, 0.25) is 0 Å². The average Bonchev–Trinajstić information content (AvgIpc) is 3.10. The highest BCUT2D eigenvalue weighted by molar-refractivity contribution is 5.86. The first kappa shape index (κ1) is 18.9. The van der Waals surface area contributed by atoms with Crippen molar-refractivity contribution in [3.63, 3.8) is 0 Å². The molecule has 1 aliphatic carbocycles. The number of esters is 2. The Kier molecular flexibility index (Phi) is 4.86. The van der Waals surface area contributed by atoms with Crippen LogP contribution >= 0.6 is 0 Å². The second kappa shape index (κ2) is 6.69. The highest BCUT2D eigenvalue weighted by Gasteiger charge is 2.63. The monoisotopic (exact) mass is 359 g/mol. The lowest BCUT2D eigenvalue weighted by Crippen LogP contribution is -2.50. The summed E-state index contributed by atoms with van der Waals surface area (Å²) in [5.74, 6) is -1.04. The Balaban J connectivity index is 2.01. The molecule has 0 amide bonds. The number of nitrogens with one attached hydrogen (secondary N) is 1. The third kappa shape index (κ3) is 3.25.